The highest BCUT2D eigenvalue weighted by molar-refractivity contribution is 5.75. The van der Waals surface area contributed by atoms with Crippen LogP contribution in [0, 0.1) is 19.3 Å². The quantitative estimate of drug-likeness (QED) is 0.821. The Bertz CT molecular complexity index is 564. The van der Waals surface area contributed by atoms with Gasteiger partial charge in [0.25, 0.3) is 0 Å². The van der Waals surface area contributed by atoms with Crippen molar-refractivity contribution < 1.29 is 9.90 Å². The summed E-state index contributed by atoms with van der Waals surface area (Å²) < 4.78 is 2.02. The van der Waals surface area contributed by atoms with Crippen LogP contribution < -0.4 is 0 Å². The summed E-state index contributed by atoms with van der Waals surface area (Å²) in [5, 5.41) is 14.2. The van der Waals surface area contributed by atoms with Crippen LogP contribution in [0.2, 0.25) is 0 Å². The van der Waals surface area contributed by atoms with Gasteiger partial charge in [0.15, 0.2) is 0 Å². The molecule has 2 heterocycles. The molecule has 22 heavy (non-hydrogen) atoms. The van der Waals surface area contributed by atoms with E-state index in [-0.39, 0.29) is 0 Å². The maximum absolute atomic E-state index is 11.8. The van der Waals surface area contributed by atoms with Gasteiger partial charge in [-0.05, 0) is 46.6 Å². The number of aromatic nitrogens is 2. The summed E-state index contributed by atoms with van der Waals surface area (Å²) >= 11 is 0. The second-order valence-electron chi connectivity index (χ2n) is 6.36. The SMILES string of the molecule is C=CC[C@@]1(C(=O)O)CCCN(Cc2c(C)nn(CC)c2C)C1. The maximum atomic E-state index is 11.8. The number of carbonyl (C=O) groups is 1. The number of likely N-dealkylation sites (tertiary alicyclic amines) is 1. The van der Waals surface area contributed by atoms with Gasteiger partial charge >= 0.3 is 5.97 Å². The summed E-state index contributed by atoms with van der Waals surface area (Å²) in [6.07, 6.45) is 3.92. The standard InChI is InChI=1S/C17H27N3O2/c1-5-8-17(16(21)22)9-7-10-19(12-17)11-15-13(3)18-20(6-2)14(15)4/h5H,1,6-12H2,2-4H3,(H,21,22)/t17-/m1/s1. The molecule has 0 aromatic carbocycles. The molecule has 0 saturated carbocycles. The van der Waals surface area contributed by atoms with Gasteiger partial charge in [-0.2, -0.15) is 5.10 Å². The van der Waals surface area contributed by atoms with Crippen molar-refractivity contribution in [2.24, 2.45) is 5.41 Å². The summed E-state index contributed by atoms with van der Waals surface area (Å²) in [5.74, 6) is -0.699. The minimum atomic E-state index is -0.699. The summed E-state index contributed by atoms with van der Waals surface area (Å²) in [7, 11) is 0. The zero-order chi connectivity index (χ0) is 16.3. The third-order valence-electron chi connectivity index (χ3n) is 4.86. The van der Waals surface area contributed by atoms with Crippen LogP contribution in [0.4, 0.5) is 0 Å². The molecule has 0 unspecified atom stereocenters. The van der Waals surface area contributed by atoms with E-state index in [1.807, 2.05) is 11.6 Å². The first-order valence-electron chi connectivity index (χ1n) is 8.03. The van der Waals surface area contributed by atoms with E-state index in [4.69, 9.17) is 0 Å². The second-order valence-corrected chi connectivity index (χ2v) is 6.36. The molecular weight excluding hydrogens is 278 g/mol. The number of hydrogen-bond acceptors (Lipinski definition) is 3. The number of piperidine rings is 1. The van der Waals surface area contributed by atoms with Crippen LogP contribution in [0.1, 0.15) is 43.1 Å². The van der Waals surface area contributed by atoms with E-state index < -0.39 is 11.4 Å². The first kappa shape index (κ1) is 16.7. The van der Waals surface area contributed by atoms with Crippen molar-refractivity contribution in [2.45, 2.75) is 53.1 Å². The molecule has 0 bridgehead atoms. The van der Waals surface area contributed by atoms with Crippen LogP contribution in [0.5, 0.6) is 0 Å². The number of hydrogen-bond donors (Lipinski definition) is 1. The number of rotatable bonds is 6. The molecular formula is C17H27N3O2. The van der Waals surface area contributed by atoms with Gasteiger partial charge in [-0.3, -0.25) is 14.4 Å². The minimum Gasteiger partial charge on any atom is -0.481 e. The summed E-state index contributed by atoms with van der Waals surface area (Å²) in [4.78, 5) is 14.0. The number of allylic oxidation sites excluding steroid dienone is 1. The third kappa shape index (κ3) is 3.09. The number of carboxylic acid groups (broad SMARTS) is 1. The Hall–Kier alpha value is -1.62. The Morgan fingerprint density at radius 1 is 1.50 bits per heavy atom. The van der Waals surface area contributed by atoms with Gasteiger partial charge in [-0.15, -0.1) is 6.58 Å². The Morgan fingerprint density at radius 3 is 2.77 bits per heavy atom. The fourth-order valence-electron chi connectivity index (χ4n) is 3.56. The lowest BCUT2D eigenvalue weighted by Crippen LogP contribution is -2.47. The monoisotopic (exact) mass is 305 g/mol. The van der Waals surface area contributed by atoms with Crippen molar-refractivity contribution in [3.63, 3.8) is 0 Å². The zero-order valence-corrected chi connectivity index (χ0v) is 13.9. The van der Waals surface area contributed by atoms with Crippen LogP contribution in [0.3, 0.4) is 0 Å². The molecule has 2 rings (SSSR count). The molecule has 1 fully saturated rings. The first-order valence-corrected chi connectivity index (χ1v) is 8.03. The van der Waals surface area contributed by atoms with Crippen molar-refractivity contribution in [3.8, 4) is 0 Å². The number of nitrogens with zero attached hydrogens (tertiary/aromatic N) is 3. The average Bonchev–Trinajstić information content (AvgIpc) is 2.75. The molecule has 1 aromatic rings. The maximum Gasteiger partial charge on any atom is 0.311 e. The molecule has 0 spiro atoms. The molecule has 1 aliphatic heterocycles. The third-order valence-corrected chi connectivity index (χ3v) is 4.86. The Kier molecular flexibility index (Phi) is 5.06. The fourth-order valence-corrected chi connectivity index (χ4v) is 3.56. The molecule has 0 amide bonds. The van der Waals surface area contributed by atoms with Crippen LogP contribution in [0.25, 0.3) is 0 Å². The molecule has 1 saturated heterocycles. The van der Waals surface area contributed by atoms with E-state index in [2.05, 4.69) is 30.4 Å². The van der Waals surface area contributed by atoms with Gasteiger partial charge in [0.05, 0.1) is 11.1 Å². The lowest BCUT2D eigenvalue weighted by atomic mass is 9.77. The number of aliphatic carboxylic acids is 1. The van der Waals surface area contributed by atoms with Crippen molar-refractivity contribution >= 4 is 5.97 Å². The summed E-state index contributed by atoms with van der Waals surface area (Å²) in [5.41, 5.74) is 2.80. The molecule has 5 nitrogen and oxygen atoms in total. The van der Waals surface area contributed by atoms with Crippen molar-refractivity contribution in [2.75, 3.05) is 13.1 Å². The van der Waals surface area contributed by atoms with Crippen LogP contribution in [0.15, 0.2) is 12.7 Å². The van der Waals surface area contributed by atoms with E-state index in [9.17, 15) is 9.90 Å². The summed E-state index contributed by atoms with van der Waals surface area (Å²) in [6, 6.07) is 0. The largest absolute Gasteiger partial charge is 0.481 e. The molecule has 0 aliphatic carbocycles. The highest BCUT2D eigenvalue weighted by Gasteiger charge is 2.41. The lowest BCUT2D eigenvalue weighted by molar-refractivity contribution is -0.152. The van der Waals surface area contributed by atoms with Crippen molar-refractivity contribution in [1.29, 1.82) is 0 Å². The molecule has 1 atom stereocenters. The van der Waals surface area contributed by atoms with Crippen molar-refractivity contribution in [1.82, 2.24) is 14.7 Å². The van der Waals surface area contributed by atoms with Gasteiger partial charge < -0.3 is 5.11 Å². The molecule has 5 heteroatoms. The normalized spacial score (nSPS) is 22.7. The number of aryl methyl sites for hydroxylation is 2. The fraction of sp³-hybridized carbons (Fsp3) is 0.647. The Balaban J connectivity index is 2.18. The predicted octanol–water partition coefficient (Wildman–Crippen LogP) is 2.76. The smallest absolute Gasteiger partial charge is 0.311 e. The Labute approximate surface area is 132 Å². The van der Waals surface area contributed by atoms with Gasteiger partial charge in [0.1, 0.15) is 0 Å². The van der Waals surface area contributed by atoms with E-state index in [1.165, 1.54) is 11.3 Å². The molecule has 0 radical (unpaired) electrons. The van der Waals surface area contributed by atoms with E-state index >= 15 is 0 Å². The Morgan fingerprint density at radius 2 is 2.23 bits per heavy atom. The van der Waals surface area contributed by atoms with Crippen LogP contribution >= 0.6 is 0 Å². The molecule has 122 valence electrons. The lowest BCUT2D eigenvalue weighted by Gasteiger charge is -2.39. The number of carboxylic acids is 1. The van der Waals surface area contributed by atoms with E-state index in [0.717, 1.165) is 38.2 Å². The molecule has 1 aromatic heterocycles. The first-order chi connectivity index (χ1) is 10.4. The predicted molar refractivity (Wildman–Crippen MR) is 86.8 cm³/mol. The van der Waals surface area contributed by atoms with Crippen molar-refractivity contribution in [3.05, 3.63) is 29.6 Å². The molecule has 1 aliphatic rings. The van der Waals surface area contributed by atoms with Gasteiger partial charge in [0.2, 0.25) is 0 Å². The highest BCUT2D eigenvalue weighted by Crippen LogP contribution is 2.35. The second kappa shape index (κ2) is 6.65. The zero-order valence-electron chi connectivity index (χ0n) is 13.9. The van der Waals surface area contributed by atoms with Crippen LogP contribution in [-0.2, 0) is 17.9 Å². The topological polar surface area (TPSA) is 58.4 Å². The van der Waals surface area contributed by atoms with Crippen LogP contribution in [-0.4, -0.2) is 38.8 Å². The van der Waals surface area contributed by atoms with Gasteiger partial charge in [0, 0.05) is 30.9 Å². The highest BCUT2D eigenvalue weighted by atomic mass is 16.4. The molecule has 1 N–H and O–H groups in total. The average molecular weight is 305 g/mol. The van der Waals surface area contributed by atoms with Gasteiger partial charge in [-0.25, -0.2) is 0 Å². The minimum absolute atomic E-state index is 0.533. The summed E-state index contributed by atoms with van der Waals surface area (Å²) in [6.45, 7) is 13.1. The van der Waals surface area contributed by atoms with E-state index in [0.29, 0.717) is 13.0 Å². The van der Waals surface area contributed by atoms with Gasteiger partial charge in [-0.1, -0.05) is 6.08 Å². The van der Waals surface area contributed by atoms with E-state index in [1.54, 1.807) is 6.08 Å².